The summed E-state index contributed by atoms with van der Waals surface area (Å²) in [5.41, 5.74) is 9.77. The molecular formula is C18H20ClN5O. The summed E-state index contributed by atoms with van der Waals surface area (Å²) in [6.45, 7) is 3.28. The van der Waals surface area contributed by atoms with Crippen LogP contribution in [0, 0.1) is 0 Å². The number of ether oxygens (including phenoxy) is 1. The molecule has 1 aliphatic heterocycles. The number of likely N-dealkylation sites (tertiary alicyclic amines) is 1. The number of hydrogen-bond donors (Lipinski definition) is 2. The molecule has 1 aromatic carbocycles. The van der Waals surface area contributed by atoms with Crippen molar-refractivity contribution in [2.24, 2.45) is 0 Å². The van der Waals surface area contributed by atoms with E-state index in [1.165, 1.54) is 37.7 Å². The van der Waals surface area contributed by atoms with Gasteiger partial charge in [0.1, 0.15) is 17.1 Å². The first-order valence-electron chi connectivity index (χ1n) is 8.35. The first-order valence-corrected chi connectivity index (χ1v) is 8.73. The molecule has 3 N–H and O–H groups in total. The summed E-state index contributed by atoms with van der Waals surface area (Å²) in [5.74, 6) is 1.45. The Bertz CT molecular complexity index is 917. The van der Waals surface area contributed by atoms with Crippen molar-refractivity contribution in [3.8, 4) is 17.1 Å². The smallest absolute Gasteiger partial charge is 0.180 e. The number of nitrogens with two attached hydrogens (primary N) is 1. The first kappa shape index (κ1) is 16.2. The highest BCUT2D eigenvalue weighted by Crippen LogP contribution is 2.33. The van der Waals surface area contributed by atoms with Crippen LogP contribution >= 0.6 is 11.6 Å². The van der Waals surface area contributed by atoms with Crippen LogP contribution in [0.4, 0.5) is 5.69 Å². The van der Waals surface area contributed by atoms with Crippen LogP contribution < -0.4 is 10.5 Å². The van der Waals surface area contributed by atoms with Crippen LogP contribution in [0.15, 0.2) is 24.4 Å². The Morgan fingerprint density at radius 2 is 2.12 bits per heavy atom. The van der Waals surface area contributed by atoms with E-state index in [1.54, 1.807) is 7.11 Å². The highest BCUT2D eigenvalue weighted by molar-refractivity contribution is 6.34. The molecule has 6 nitrogen and oxygen atoms in total. The molecule has 1 fully saturated rings. The van der Waals surface area contributed by atoms with Crippen molar-refractivity contribution in [1.29, 1.82) is 0 Å². The van der Waals surface area contributed by atoms with Gasteiger partial charge in [0.2, 0.25) is 0 Å². The maximum atomic E-state index is 6.04. The van der Waals surface area contributed by atoms with Crippen LogP contribution in [0.2, 0.25) is 5.02 Å². The molecule has 0 aliphatic carbocycles. The Balaban J connectivity index is 1.70. The fraction of sp³-hybridized carbons (Fsp3) is 0.333. The summed E-state index contributed by atoms with van der Waals surface area (Å²) in [6, 6.07) is 6.22. The predicted octanol–water partition coefficient (Wildman–Crippen LogP) is 3.46. The highest BCUT2D eigenvalue weighted by atomic mass is 35.5. The van der Waals surface area contributed by atoms with Gasteiger partial charge < -0.3 is 15.5 Å². The zero-order chi connectivity index (χ0) is 17.4. The average Bonchev–Trinajstić information content (AvgIpc) is 3.28. The quantitative estimate of drug-likeness (QED) is 0.747. The number of anilines is 1. The van der Waals surface area contributed by atoms with E-state index < -0.39 is 0 Å². The number of benzene rings is 1. The zero-order valence-corrected chi connectivity index (χ0v) is 14.8. The summed E-state index contributed by atoms with van der Waals surface area (Å²) in [4.78, 5) is 14.4. The maximum Gasteiger partial charge on any atom is 0.180 e. The third-order valence-corrected chi connectivity index (χ3v) is 4.94. The topological polar surface area (TPSA) is 80.1 Å². The predicted molar refractivity (Wildman–Crippen MR) is 99.8 cm³/mol. The number of methoxy groups -OCH3 is 1. The second-order valence-corrected chi connectivity index (χ2v) is 6.73. The number of H-pyrrole nitrogens is 1. The van der Waals surface area contributed by atoms with E-state index in [-0.39, 0.29) is 0 Å². The Morgan fingerprint density at radius 1 is 1.32 bits per heavy atom. The van der Waals surface area contributed by atoms with E-state index in [2.05, 4.69) is 32.0 Å². The van der Waals surface area contributed by atoms with Crippen molar-refractivity contribution in [1.82, 2.24) is 19.9 Å². The summed E-state index contributed by atoms with van der Waals surface area (Å²) >= 11 is 6.04. The Hall–Kier alpha value is -2.31. The van der Waals surface area contributed by atoms with Gasteiger partial charge in [-0.05, 0) is 43.6 Å². The monoisotopic (exact) mass is 357 g/mol. The number of aromatic nitrogens is 3. The molecule has 1 saturated heterocycles. The number of imidazole rings is 1. The Labute approximate surface area is 151 Å². The summed E-state index contributed by atoms with van der Waals surface area (Å²) in [5, 5.41) is 0.413. The van der Waals surface area contributed by atoms with Crippen LogP contribution in [0.3, 0.4) is 0 Å². The van der Waals surface area contributed by atoms with Crippen LogP contribution in [0.25, 0.3) is 22.6 Å². The molecule has 0 amide bonds. The number of nitrogen functional groups attached to an aromatic ring is 1. The lowest BCUT2D eigenvalue weighted by molar-refractivity contribution is 0.330. The number of nitrogens with zero attached hydrogens (tertiary/aromatic N) is 3. The second-order valence-electron chi connectivity index (χ2n) is 6.32. The molecule has 2 aromatic heterocycles. The molecule has 130 valence electrons. The minimum Gasteiger partial charge on any atom is -0.496 e. The van der Waals surface area contributed by atoms with Gasteiger partial charge >= 0.3 is 0 Å². The SMILES string of the molecule is COc1cc(CN2CCCC2)ccc1-c1nc2ncc(Cl)c(N)c2[nH]1. The molecular weight excluding hydrogens is 338 g/mol. The van der Waals surface area contributed by atoms with Gasteiger partial charge in [0.25, 0.3) is 0 Å². The Morgan fingerprint density at radius 3 is 2.88 bits per heavy atom. The minimum atomic E-state index is 0.413. The molecule has 0 atom stereocenters. The standard InChI is InChI=1S/C18H20ClN5O/c1-25-14-8-11(10-24-6-2-3-7-24)4-5-12(14)17-22-16-15(20)13(19)9-21-18(16)23-17/h4-5,8-9H,2-3,6-7,10H2,1H3,(H3,20,21,22,23). The van der Waals surface area contributed by atoms with Gasteiger partial charge in [0.15, 0.2) is 5.65 Å². The molecule has 25 heavy (non-hydrogen) atoms. The van der Waals surface area contributed by atoms with E-state index in [4.69, 9.17) is 22.1 Å². The fourth-order valence-electron chi connectivity index (χ4n) is 3.31. The third-order valence-electron chi connectivity index (χ3n) is 4.64. The normalized spacial score (nSPS) is 15.1. The molecule has 0 spiro atoms. The molecule has 0 radical (unpaired) electrons. The largest absolute Gasteiger partial charge is 0.496 e. The van der Waals surface area contributed by atoms with E-state index in [9.17, 15) is 0 Å². The molecule has 4 rings (SSSR count). The van der Waals surface area contributed by atoms with Gasteiger partial charge in [0.05, 0.1) is 29.6 Å². The first-order chi connectivity index (χ1) is 12.2. The van der Waals surface area contributed by atoms with Gasteiger partial charge in [-0.15, -0.1) is 0 Å². The van der Waals surface area contributed by atoms with Gasteiger partial charge in [0, 0.05) is 6.54 Å². The van der Waals surface area contributed by atoms with Gasteiger partial charge in [-0.3, -0.25) is 4.90 Å². The lowest BCUT2D eigenvalue weighted by Gasteiger charge is -2.16. The molecule has 1 aliphatic rings. The molecule has 0 saturated carbocycles. The van der Waals surface area contributed by atoms with Crippen LogP contribution in [-0.4, -0.2) is 40.1 Å². The van der Waals surface area contributed by atoms with E-state index in [0.717, 1.165) is 17.9 Å². The fourth-order valence-corrected chi connectivity index (χ4v) is 3.45. The average molecular weight is 358 g/mol. The van der Waals surface area contributed by atoms with Crippen LogP contribution in [0.5, 0.6) is 5.75 Å². The molecule has 0 bridgehead atoms. The number of rotatable bonds is 4. The van der Waals surface area contributed by atoms with Gasteiger partial charge in [-0.25, -0.2) is 9.97 Å². The number of halogens is 1. The lowest BCUT2D eigenvalue weighted by Crippen LogP contribution is -2.18. The zero-order valence-electron chi connectivity index (χ0n) is 14.1. The summed E-state index contributed by atoms with van der Waals surface area (Å²) in [6.07, 6.45) is 4.08. The Kier molecular flexibility index (Phi) is 4.23. The minimum absolute atomic E-state index is 0.413. The van der Waals surface area contributed by atoms with Crippen molar-refractivity contribution in [2.45, 2.75) is 19.4 Å². The van der Waals surface area contributed by atoms with E-state index in [0.29, 0.717) is 27.7 Å². The molecule has 3 aromatic rings. The second kappa shape index (κ2) is 6.54. The van der Waals surface area contributed by atoms with E-state index >= 15 is 0 Å². The number of pyridine rings is 1. The number of hydrogen-bond acceptors (Lipinski definition) is 5. The summed E-state index contributed by atoms with van der Waals surface area (Å²) < 4.78 is 5.60. The van der Waals surface area contributed by atoms with Gasteiger partial charge in [-0.1, -0.05) is 17.7 Å². The van der Waals surface area contributed by atoms with Crippen LogP contribution in [0.1, 0.15) is 18.4 Å². The molecule has 7 heteroatoms. The third kappa shape index (κ3) is 3.03. The van der Waals surface area contributed by atoms with Crippen molar-refractivity contribution in [2.75, 3.05) is 25.9 Å². The van der Waals surface area contributed by atoms with Gasteiger partial charge in [-0.2, -0.15) is 0 Å². The number of fused-ring (bicyclic) bond motifs is 1. The highest BCUT2D eigenvalue weighted by Gasteiger charge is 2.16. The number of aromatic amines is 1. The maximum absolute atomic E-state index is 6.04. The van der Waals surface area contributed by atoms with E-state index in [1.807, 2.05) is 6.07 Å². The molecule has 3 heterocycles. The summed E-state index contributed by atoms with van der Waals surface area (Å²) in [7, 11) is 1.67. The van der Waals surface area contributed by atoms with Crippen molar-refractivity contribution < 1.29 is 4.74 Å². The van der Waals surface area contributed by atoms with Crippen LogP contribution in [-0.2, 0) is 6.54 Å². The number of nitrogens with one attached hydrogen (secondary N) is 1. The van der Waals surface area contributed by atoms with Crippen molar-refractivity contribution in [3.05, 3.63) is 35.0 Å². The van der Waals surface area contributed by atoms with Crippen molar-refractivity contribution >= 4 is 28.5 Å². The molecule has 0 unspecified atom stereocenters. The lowest BCUT2D eigenvalue weighted by atomic mass is 10.1. The van der Waals surface area contributed by atoms with Crippen molar-refractivity contribution in [3.63, 3.8) is 0 Å².